The number of amides is 1. The first-order valence-electron chi connectivity index (χ1n) is 10.0. The van der Waals surface area contributed by atoms with Crippen molar-refractivity contribution in [2.75, 3.05) is 26.2 Å². The smallest absolute Gasteiger partial charge is 0.253 e. The van der Waals surface area contributed by atoms with Crippen LogP contribution in [-0.2, 0) is 0 Å². The van der Waals surface area contributed by atoms with E-state index in [9.17, 15) is 9.18 Å². The SMILES string of the molecule is O=C(c1ccc(F)cc1)N1CCC(N2CCC(Oc3ccncc3)CC2)CC1. The molecule has 1 amide bonds. The maximum atomic E-state index is 13.1. The third-order valence-electron chi connectivity index (χ3n) is 5.79. The van der Waals surface area contributed by atoms with E-state index in [1.807, 2.05) is 17.0 Å². The number of pyridine rings is 1. The molecule has 2 aliphatic heterocycles. The van der Waals surface area contributed by atoms with Gasteiger partial charge in [0.2, 0.25) is 0 Å². The molecule has 0 saturated carbocycles. The average Bonchev–Trinajstić information content (AvgIpc) is 2.75. The van der Waals surface area contributed by atoms with Gasteiger partial charge in [-0.25, -0.2) is 4.39 Å². The average molecular weight is 383 g/mol. The van der Waals surface area contributed by atoms with Crippen LogP contribution in [0.3, 0.4) is 0 Å². The van der Waals surface area contributed by atoms with Gasteiger partial charge in [-0.2, -0.15) is 0 Å². The predicted molar refractivity (Wildman–Crippen MR) is 105 cm³/mol. The molecule has 0 radical (unpaired) electrons. The van der Waals surface area contributed by atoms with Crippen molar-refractivity contribution in [1.29, 1.82) is 0 Å². The van der Waals surface area contributed by atoms with E-state index in [4.69, 9.17) is 4.74 Å². The number of rotatable bonds is 4. The normalized spacial score (nSPS) is 19.5. The standard InChI is InChI=1S/C22H26FN3O2/c23-18-3-1-17(2-4-18)22(27)26-13-7-19(8-14-26)25-15-9-21(10-16-25)28-20-5-11-24-12-6-20/h1-6,11-12,19,21H,7-10,13-16H2. The van der Waals surface area contributed by atoms with Gasteiger partial charge >= 0.3 is 0 Å². The summed E-state index contributed by atoms with van der Waals surface area (Å²) in [4.78, 5) is 21.0. The van der Waals surface area contributed by atoms with E-state index in [-0.39, 0.29) is 17.8 Å². The molecule has 0 unspecified atom stereocenters. The fourth-order valence-electron chi connectivity index (χ4n) is 4.18. The molecule has 2 saturated heterocycles. The molecule has 5 nitrogen and oxygen atoms in total. The molecule has 0 N–H and O–H groups in total. The highest BCUT2D eigenvalue weighted by molar-refractivity contribution is 5.94. The van der Waals surface area contributed by atoms with Crippen molar-refractivity contribution in [3.8, 4) is 5.75 Å². The molecule has 1 aromatic carbocycles. The first-order chi connectivity index (χ1) is 13.7. The molecule has 28 heavy (non-hydrogen) atoms. The fourth-order valence-corrected chi connectivity index (χ4v) is 4.18. The predicted octanol–water partition coefficient (Wildman–Crippen LogP) is 3.37. The molecule has 0 atom stereocenters. The summed E-state index contributed by atoms with van der Waals surface area (Å²) in [6.45, 7) is 3.58. The fraction of sp³-hybridized carbons (Fsp3) is 0.455. The van der Waals surface area contributed by atoms with Crippen molar-refractivity contribution < 1.29 is 13.9 Å². The zero-order valence-electron chi connectivity index (χ0n) is 16.0. The van der Waals surface area contributed by atoms with Crippen molar-refractivity contribution in [3.63, 3.8) is 0 Å². The second-order valence-electron chi connectivity index (χ2n) is 7.57. The van der Waals surface area contributed by atoms with E-state index in [2.05, 4.69) is 9.88 Å². The molecule has 0 aliphatic carbocycles. The Balaban J connectivity index is 1.23. The van der Waals surface area contributed by atoms with E-state index in [0.717, 1.165) is 57.6 Å². The third-order valence-corrected chi connectivity index (χ3v) is 5.79. The number of piperidine rings is 2. The summed E-state index contributed by atoms with van der Waals surface area (Å²) < 4.78 is 19.1. The first-order valence-corrected chi connectivity index (χ1v) is 10.0. The number of likely N-dealkylation sites (tertiary alicyclic amines) is 2. The van der Waals surface area contributed by atoms with Crippen LogP contribution in [0.5, 0.6) is 5.75 Å². The summed E-state index contributed by atoms with van der Waals surface area (Å²) in [5, 5.41) is 0. The van der Waals surface area contributed by atoms with Crippen LogP contribution in [0.2, 0.25) is 0 Å². The van der Waals surface area contributed by atoms with Crippen molar-refractivity contribution in [2.24, 2.45) is 0 Å². The molecule has 2 fully saturated rings. The molecule has 2 aliphatic rings. The number of benzene rings is 1. The minimum absolute atomic E-state index is 0.00269. The summed E-state index contributed by atoms with van der Waals surface area (Å²) in [6, 6.07) is 10.2. The van der Waals surface area contributed by atoms with Crippen LogP contribution in [0.25, 0.3) is 0 Å². The number of hydrogen-bond donors (Lipinski definition) is 0. The number of aromatic nitrogens is 1. The summed E-state index contributed by atoms with van der Waals surface area (Å²) >= 11 is 0. The lowest BCUT2D eigenvalue weighted by molar-refractivity contribution is 0.0425. The second-order valence-corrected chi connectivity index (χ2v) is 7.57. The van der Waals surface area contributed by atoms with Gasteiger partial charge in [-0.3, -0.25) is 14.7 Å². The molecule has 0 spiro atoms. The monoisotopic (exact) mass is 383 g/mol. The van der Waals surface area contributed by atoms with Crippen molar-refractivity contribution >= 4 is 5.91 Å². The Bertz CT molecular complexity index is 768. The summed E-state index contributed by atoms with van der Waals surface area (Å²) in [5.74, 6) is 0.579. The Morgan fingerprint density at radius 1 is 0.929 bits per heavy atom. The van der Waals surface area contributed by atoms with Gasteiger partial charge in [0.15, 0.2) is 0 Å². The lowest BCUT2D eigenvalue weighted by atomic mass is 9.98. The minimum Gasteiger partial charge on any atom is -0.490 e. The van der Waals surface area contributed by atoms with Gasteiger partial charge in [-0.1, -0.05) is 0 Å². The topological polar surface area (TPSA) is 45.7 Å². The van der Waals surface area contributed by atoms with Crippen LogP contribution < -0.4 is 4.74 Å². The molecular formula is C22H26FN3O2. The van der Waals surface area contributed by atoms with Gasteiger partial charge in [0.1, 0.15) is 17.7 Å². The Hall–Kier alpha value is -2.47. The molecule has 3 heterocycles. The maximum absolute atomic E-state index is 13.1. The van der Waals surface area contributed by atoms with Crippen LogP contribution >= 0.6 is 0 Å². The summed E-state index contributed by atoms with van der Waals surface area (Å²) in [6.07, 6.45) is 7.80. The van der Waals surface area contributed by atoms with Crippen molar-refractivity contribution in [1.82, 2.24) is 14.8 Å². The lowest BCUT2D eigenvalue weighted by Gasteiger charge is -2.41. The highest BCUT2D eigenvalue weighted by atomic mass is 19.1. The molecule has 2 aromatic rings. The largest absolute Gasteiger partial charge is 0.490 e. The number of halogens is 1. The van der Waals surface area contributed by atoms with Crippen LogP contribution in [0, 0.1) is 5.82 Å². The van der Waals surface area contributed by atoms with E-state index in [1.54, 1.807) is 24.5 Å². The van der Waals surface area contributed by atoms with Crippen LogP contribution in [-0.4, -0.2) is 59.0 Å². The van der Waals surface area contributed by atoms with E-state index < -0.39 is 0 Å². The Kier molecular flexibility index (Phi) is 5.86. The Morgan fingerprint density at radius 2 is 1.57 bits per heavy atom. The highest BCUT2D eigenvalue weighted by Gasteiger charge is 2.30. The Morgan fingerprint density at radius 3 is 2.21 bits per heavy atom. The number of hydrogen-bond acceptors (Lipinski definition) is 4. The van der Waals surface area contributed by atoms with Gasteiger partial charge in [0.25, 0.3) is 5.91 Å². The highest BCUT2D eigenvalue weighted by Crippen LogP contribution is 2.24. The van der Waals surface area contributed by atoms with Gasteiger partial charge in [-0.15, -0.1) is 0 Å². The van der Waals surface area contributed by atoms with Crippen LogP contribution in [0.4, 0.5) is 4.39 Å². The van der Waals surface area contributed by atoms with Crippen molar-refractivity contribution in [3.05, 3.63) is 60.2 Å². The van der Waals surface area contributed by atoms with Gasteiger partial charge in [-0.05, 0) is 62.1 Å². The third kappa shape index (κ3) is 4.50. The quantitative estimate of drug-likeness (QED) is 0.812. The zero-order chi connectivity index (χ0) is 19.3. The number of carbonyl (C=O) groups excluding carboxylic acids is 1. The molecular weight excluding hydrogens is 357 g/mol. The molecule has 6 heteroatoms. The van der Waals surface area contributed by atoms with Crippen LogP contribution in [0.15, 0.2) is 48.8 Å². The second kappa shape index (κ2) is 8.69. The molecule has 148 valence electrons. The maximum Gasteiger partial charge on any atom is 0.253 e. The van der Waals surface area contributed by atoms with E-state index in [0.29, 0.717) is 11.6 Å². The van der Waals surface area contributed by atoms with Crippen molar-refractivity contribution in [2.45, 2.75) is 37.8 Å². The minimum atomic E-state index is -0.313. The molecule has 4 rings (SSSR count). The van der Waals surface area contributed by atoms with Gasteiger partial charge in [0.05, 0.1) is 0 Å². The summed E-state index contributed by atoms with van der Waals surface area (Å²) in [7, 11) is 0. The Labute approximate surface area is 165 Å². The summed E-state index contributed by atoms with van der Waals surface area (Å²) in [5.41, 5.74) is 0.564. The number of ether oxygens (including phenoxy) is 1. The lowest BCUT2D eigenvalue weighted by Crippen LogP contribution is -2.50. The van der Waals surface area contributed by atoms with E-state index >= 15 is 0 Å². The van der Waals surface area contributed by atoms with Gasteiger partial charge in [0, 0.05) is 50.2 Å². The number of carbonyl (C=O) groups is 1. The number of nitrogens with zero attached hydrogens (tertiary/aromatic N) is 3. The molecule has 1 aromatic heterocycles. The molecule has 0 bridgehead atoms. The van der Waals surface area contributed by atoms with E-state index in [1.165, 1.54) is 12.1 Å². The van der Waals surface area contributed by atoms with Crippen LogP contribution in [0.1, 0.15) is 36.0 Å². The first kappa shape index (κ1) is 18.9. The zero-order valence-corrected chi connectivity index (χ0v) is 16.0. The van der Waals surface area contributed by atoms with Gasteiger partial charge < -0.3 is 9.64 Å².